The molecule has 5 nitrogen and oxygen atoms in total. The summed E-state index contributed by atoms with van der Waals surface area (Å²) in [6.45, 7) is 11.0. The van der Waals surface area contributed by atoms with Crippen LogP contribution in [-0.4, -0.2) is 19.6 Å². The third-order valence-corrected chi connectivity index (χ3v) is 3.13. The first-order valence-electron chi connectivity index (χ1n) is 6.95. The second kappa shape index (κ2) is 5.91. The van der Waals surface area contributed by atoms with Crippen LogP contribution in [0.2, 0.25) is 0 Å². The third-order valence-electron chi connectivity index (χ3n) is 3.13. The first kappa shape index (κ1) is 13.6. The van der Waals surface area contributed by atoms with Crippen molar-refractivity contribution < 1.29 is 0 Å². The number of anilines is 1. The Morgan fingerprint density at radius 3 is 2.63 bits per heavy atom. The van der Waals surface area contributed by atoms with E-state index in [1.807, 2.05) is 11.6 Å². The summed E-state index contributed by atoms with van der Waals surface area (Å²) in [7, 11) is 0. The van der Waals surface area contributed by atoms with Gasteiger partial charge >= 0.3 is 0 Å². The van der Waals surface area contributed by atoms with Gasteiger partial charge in [-0.1, -0.05) is 6.92 Å². The first-order chi connectivity index (χ1) is 9.13. The molecule has 0 saturated carbocycles. The lowest BCUT2D eigenvalue weighted by molar-refractivity contribution is 0.574. The van der Waals surface area contributed by atoms with Crippen molar-refractivity contribution in [3.63, 3.8) is 0 Å². The molecule has 2 aromatic heterocycles. The van der Waals surface area contributed by atoms with Crippen molar-refractivity contribution in [3.05, 3.63) is 29.2 Å². The molecule has 19 heavy (non-hydrogen) atoms. The van der Waals surface area contributed by atoms with E-state index in [1.54, 1.807) is 0 Å². The van der Waals surface area contributed by atoms with Gasteiger partial charge in [-0.25, -0.2) is 0 Å². The number of rotatable bonds is 6. The minimum absolute atomic E-state index is 0.766. The van der Waals surface area contributed by atoms with Gasteiger partial charge in [-0.05, 0) is 33.3 Å². The lowest BCUT2D eigenvalue weighted by atomic mass is 10.3. The van der Waals surface area contributed by atoms with Gasteiger partial charge in [0.25, 0.3) is 0 Å². The van der Waals surface area contributed by atoms with E-state index < -0.39 is 0 Å². The molecule has 0 spiro atoms. The Balaban J connectivity index is 2.07. The molecule has 2 aromatic rings. The number of aromatic nitrogens is 4. The van der Waals surface area contributed by atoms with Crippen LogP contribution in [0.4, 0.5) is 5.82 Å². The van der Waals surface area contributed by atoms with Crippen LogP contribution in [0, 0.1) is 13.8 Å². The Morgan fingerprint density at radius 2 is 2.00 bits per heavy atom. The number of hydrogen-bond acceptors (Lipinski definition) is 3. The summed E-state index contributed by atoms with van der Waals surface area (Å²) in [5, 5.41) is 12.4. The van der Waals surface area contributed by atoms with E-state index in [9.17, 15) is 0 Å². The molecule has 0 fully saturated rings. The maximum Gasteiger partial charge on any atom is 0.151 e. The standard InChI is InChI=1S/C14H23N5/c1-5-7-19-13(8-12(4)16-19)9-15-14-11(3)10-18(6-2)17-14/h8,10H,5-7,9H2,1-4H3,(H,15,17). The molecule has 0 bridgehead atoms. The van der Waals surface area contributed by atoms with E-state index in [-0.39, 0.29) is 0 Å². The highest BCUT2D eigenvalue weighted by Crippen LogP contribution is 2.13. The summed E-state index contributed by atoms with van der Waals surface area (Å²) in [6, 6.07) is 2.13. The van der Waals surface area contributed by atoms with Crippen LogP contribution in [0.5, 0.6) is 0 Å². The number of hydrogen-bond donors (Lipinski definition) is 1. The molecule has 1 N–H and O–H groups in total. The average molecular weight is 261 g/mol. The van der Waals surface area contributed by atoms with Gasteiger partial charge in [-0.2, -0.15) is 10.2 Å². The van der Waals surface area contributed by atoms with Crippen molar-refractivity contribution >= 4 is 5.82 Å². The van der Waals surface area contributed by atoms with E-state index in [0.29, 0.717) is 0 Å². The molecule has 0 aromatic carbocycles. The van der Waals surface area contributed by atoms with Gasteiger partial charge in [-0.15, -0.1) is 0 Å². The Labute approximate surface area is 114 Å². The summed E-state index contributed by atoms with van der Waals surface area (Å²) in [5.41, 5.74) is 3.46. The summed E-state index contributed by atoms with van der Waals surface area (Å²) in [5.74, 6) is 0.962. The van der Waals surface area contributed by atoms with Crippen molar-refractivity contribution in [1.29, 1.82) is 0 Å². The van der Waals surface area contributed by atoms with E-state index in [2.05, 4.69) is 53.2 Å². The van der Waals surface area contributed by atoms with Crippen molar-refractivity contribution in [1.82, 2.24) is 19.6 Å². The van der Waals surface area contributed by atoms with Crippen LogP contribution in [0.1, 0.15) is 37.2 Å². The first-order valence-corrected chi connectivity index (χ1v) is 6.95. The molecule has 0 atom stereocenters. The van der Waals surface area contributed by atoms with Crippen LogP contribution in [0.15, 0.2) is 12.3 Å². The van der Waals surface area contributed by atoms with Gasteiger partial charge in [-0.3, -0.25) is 9.36 Å². The largest absolute Gasteiger partial charge is 0.363 e. The van der Waals surface area contributed by atoms with Crippen molar-refractivity contribution in [2.24, 2.45) is 0 Å². The lowest BCUT2D eigenvalue weighted by Crippen LogP contribution is -2.09. The average Bonchev–Trinajstić information content (AvgIpc) is 2.91. The molecule has 2 rings (SSSR count). The number of nitrogens with one attached hydrogen (secondary N) is 1. The SMILES string of the molecule is CCCn1nc(C)cc1CNc1nn(CC)cc1C. The van der Waals surface area contributed by atoms with E-state index in [4.69, 9.17) is 0 Å². The van der Waals surface area contributed by atoms with Crippen molar-refractivity contribution in [2.45, 2.75) is 53.8 Å². The smallest absolute Gasteiger partial charge is 0.151 e. The maximum atomic E-state index is 4.51. The normalized spacial score (nSPS) is 10.9. The molecule has 2 heterocycles. The number of nitrogens with zero attached hydrogens (tertiary/aromatic N) is 4. The van der Waals surface area contributed by atoms with Crippen LogP contribution in [-0.2, 0) is 19.6 Å². The minimum atomic E-state index is 0.766. The fourth-order valence-corrected chi connectivity index (χ4v) is 2.18. The topological polar surface area (TPSA) is 47.7 Å². The van der Waals surface area contributed by atoms with Gasteiger partial charge in [0, 0.05) is 24.8 Å². The van der Waals surface area contributed by atoms with Gasteiger partial charge < -0.3 is 5.32 Å². The maximum absolute atomic E-state index is 4.51. The lowest BCUT2D eigenvalue weighted by Gasteiger charge is -2.07. The predicted molar refractivity (Wildman–Crippen MR) is 77.2 cm³/mol. The van der Waals surface area contributed by atoms with Gasteiger partial charge in [0.05, 0.1) is 17.9 Å². The molecule has 0 aliphatic rings. The van der Waals surface area contributed by atoms with E-state index in [1.165, 1.54) is 11.3 Å². The van der Waals surface area contributed by atoms with Gasteiger partial charge in [0.15, 0.2) is 5.82 Å². The zero-order valence-corrected chi connectivity index (χ0v) is 12.3. The van der Waals surface area contributed by atoms with Crippen LogP contribution < -0.4 is 5.32 Å². The summed E-state index contributed by atoms with van der Waals surface area (Å²) in [4.78, 5) is 0. The quantitative estimate of drug-likeness (QED) is 0.869. The zero-order chi connectivity index (χ0) is 13.8. The molecule has 0 aliphatic carbocycles. The monoisotopic (exact) mass is 261 g/mol. The molecule has 0 radical (unpaired) electrons. The Bertz CT molecular complexity index is 538. The minimum Gasteiger partial charge on any atom is -0.363 e. The van der Waals surface area contributed by atoms with Crippen LogP contribution in [0.25, 0.3) is 0 Å². The third kappa shape index (κ3) is 3.16. The Morgan fingerprint density at radius 1 is 1.21 bits per heavy atom. The summed E-state index contributed by atoms with van der Waals surface area (Å²) in [6.07, 6.45) is 3.16. The van der Waals surface area contributed by atoms with Gasteiger partial charge in [0.2, 0.25) is 0 Å². The highest BCUT2D eigenvalue weighted by Gasteiger charge is 2.07. The summed E-state index contributed by atoms with van der Waals surface area (Å²) < 4.78 is 4.03. The van der Waals surface area contributed by atoms with Crippen LogP contribution in [0.3, 0.4) is 0 Å². The highest BCUT2D eigenvalue weighted by molar-refractivity contribution is 5.42. The molecule has 0 aliphatic heterocycles. The summed E-state index contributed by atoms with van der Waals surface area (Å²) >= 11 is 0. The fraction of sp³-hybridized carbons (Fsp3) is 0.571. The second-order valence-electron chi connectivity index (χ2n) is 4.87. The zero-order valence-electron chi connectivity index (χ0n) is 12.3. The van der Waals surface area contributed by atoms with Crippen LogP contribution >= 0.6 is 0 Å². The fourth-order valence-electron chi connectivity index (χ4n) is 2.18. The van der Waals surface area contributed by atoms with Gasteiger partial charge in [0.1, 0.15) is 0 Å². The van der Waals surface area contributed by atoms with Crippen molar-refractivity contribution in [3.8, 4) is 0 Å². The molecule has 104 valence electrons. The molecule has 0 unspecified atom stereocenters. The van der Waals surface area contributed by atoms with E-state index in [0.717, 1.165) is 37.6 Å². The van der Waals surface area contributed by atoms with Crippen molar-refractivity contribution in [2.75, 3.05) is 5.32 Å². The molecule has 0 amide bonds. The Kier molecular flexibility index (Phi) is 4.24. The second-order valence-corrected chi connectivity index (χ2v) is 4.87. The number of aryl methyl sites for hydroxylation is 4. The molecular weight excluding hydrogens is 238 g/mol. The predicted octanol–water partition coefficient (Wildman–Crippen LogP) is 2.74. The Hall–Kier alpha value is -1.78. The highest BCUT2D eigenvalue weighted by atomic mass is 15.3. The molecule has 5 heteroatoms. The molecular formula is C14H23N5. The molecule has 0 saturated heterocycles. The van der Waals surface area contributed by atoms with E-state index >= 15 is 0 Å².